The molecule has 0 radical (unpaired) electrons. The highest BCUT2D eigenvalue weighted by molar-refractivity contribution is 14.1. The van der Waals surface area contributed by atoms with E-state index in [0.29, 0.717) is 58.1 Å². The van der Waals surface area contributed by atoms with Crippen LogP contribution in [0.15, 0.2) is 42.5 Å². The molecule has 0 N–H and O–H groups in total. The van der Waals surface area contributed by atoms with Crippen LogP contribution in [0.25, 0.3) is 21.5 Å². The van der Waals surface area contributed by atoms with E-state index in [1.807, 2.05) is 42.5 Å². The molecule has 39 heavy (non-hydrogen) atoms. The summed E-state index contributed by atoms with van der Waals surface area (Å²) < 4.78 is 23.7. The van der Waals surface area contributed by atoms with Gasteiger partial charge in [-0.15, -0.1) is 0 Å². The van der Waals surface area contributed by atoms with E-state index >= 15 is 0 Å². The Morgan fingerprint density at radius 1 is 0.692 bits per heavy atom. The molecule has 3 aromatic carbocycles. The molecule has 3 aromatic rings. The smallest absolute Gasteiger partial charge is 0.434 e. The molecule has 6 nitrogen and oxygen atoms in total. The Bertz CT molecular complexity index is 1240. The summed E-state index contributed by atoms with van der Waals surface area (Å²) in [5.41, 5.74) is 0. The molecule has 212 valence electrons. The second kappa shape index (κ2) is 15.9. The van der Waals surface area contributed by atoms with Crippen LogP contribution < -0.4 is 9.47 Å². The molecule has 7 heteroatoms. The van der Waals surface area contributed by atoms with Crippen LogP contribution in [-0.2, 0) is 9.47 Å². The van der Waals surface area contributed by atoms with Crippen molar-refractivity contribution in [2.75, 3.05) is 13.2 Å². The Kier molecular flexibility index (Phi) is 12.6. The third-order valence-electron chi connectivity index (χ3n) is 7.22. The highest BCUT2D eigenvalue weighted by Gasteiger charge is 2.22. The molecule has 0 aliphatic carbocycles. The van der Waals surface area contributed by atoms with E-state index in [4.69, 9.17) is 18.9 Å². The molecule has 0 aliphatic rings. The lowest BCUT2D eigenvalue weighted by Crippen LogP contribution is -2.18. The molecule has 0 bridgehead atoms. The Morgan fingerprint density at radius 3 is 1.62 bits per heavy atom. The van der Waals surface area contributed by atoms with Gasteiger partial charge in [0.1, 0.15) is 5.75 Å². The zero-order valence-electron chi connectivity index (χ0n) is 23.6. The molecule has 0 spiro atoms. The Labute approximate surface area is 245 Å². The third-order valence-corrected chi connectivity index (χ3v) is 7.89. The maximum atomic E-state index is 12.8. The zero-order chi connectivity index (χ0) is 28.2. The van der Waals surface area contributed by atoms with E-state index in [-0.39, 0.29) is 0 Å². The molecule has 0 fully saturated rings. The number of unbranched alkanes of at least 4 members (excludes halogenated alkanes) is 2. The van der Waals surface area contributed by atoms with Crippen molar-refractivity contribution in [1.82, 2.24) is 0 Å². The summed E-state index contributed by atoms with van der Waals surface area (Å²) in [5, 5.41) is 2.62. The molecule has 0 amide bonds. The van der Waals surface area contributed by atoms with E-state index in [1.54, 1.807) is 0 Å². The molecule has 3 rings (SSSR count). The minimum atomic E-state index is -0.735. The average Bonchev–Trinajstić information content (AvgIpc) is 2.95. The first-order valence-corrected chi connectivity index (χ1v) is 15.3. The van der Waals surface area contributed by atoms with E-state index in [2.05, 4.69) is 50.3 Å². The second-order valence-electron chi connectivity index (χ2n) is 10.1. The summed E-state index contributed by atoms with van der Waals surface area (Å²) in [6, 6.07) is 13.1. The van der Waals surface area contributed by atoms with E-state index in [9.17, 15) is 9.59 Å². The molecule has 2 atom stereocenters. The number of carbonyl (C=O) groups excluding carboxylic acids is 2. The minimum Gasteiger partial charge on any atom is -0.434 e. The first-order chi connectivity index (χ1) is 18.9. The van der Waals surface area contributed by atoms with Crippen molar-refractivity contribution in [3.05, 3.63) is 46.0 Å². The van der Waals surface area contributed by atoms with Gasteiger partial charge in [0.25, 0.3) is 0 Å². The van der Waals surface area contributed by atoms with E-state index in [0.717, 1.165) is 54.9 Å². The van der Waals surface area contributed by atoms with Crippen molar-refractivity contribution in [3.8, 4) is 11.5 Å². The van der Waals surface area contributed by atoms with Crippen molar-refractivity contribution in [3.63, 3.8) is 0 Å². The topological polar surface area (TPSA) is 71.1 Å². The van der Waals surface area contributed by atoms with Gasteiger partial charge >= 0.3 is 12.3 Å². The standard InChI is InChI=1S/C32H41IO6/c1-5-9-13-22(7-3)20-36-31(34)38-29-25-15-11-12-16-26(25)30(28-19-24(33)17-18-27(28)29)39-32(35)37-21-23(8-4)14-10-6-2/h11-12,15-19,22-23H,5-10,13-14,20-21H2,1-4H3. The van der Waals surface area contributed by atoms with Gasteiger partial charge in [-0.05, 0) is 65.5 Å². The maximum absolute atomic E-state index is 12.8. The van der Waals surface area contributed by atoms with Gasteiger partial charge in [-0.3, -0.25) is 0 Å². The largest absolute Gasteiger partial charge is 0.513 e. The molecule has 2 unspecified atom stereocenters. The van der Waals surface area contributed by atoms with Gasteiger partial charge in [-0.25, -0.2) is 9.59 Å². The monoisotopic (exact) mass is 648 g/mol. The summed E-state index contributed by atoms with van der Waals surface area (Å²) in [6.45, 7) is 9.17. The van der Waals surface area contributed by atoms with Crippen LogP contribution >= 0.6 is 22.6 Å². The lowest BCUT2D eigenvalue weighted by molar-refractivity contribution is 0.0805. The first kappa shape index (κ1) is 31.0. The fourth-order valence-corrected chi connectivity index (χ4v) is 5.18. The predicted octanol–water partition coefficient (Wildman–Crippen LogP) is 10.1. The van der Waals surface area contributed by atoms with Crippen LogP contribution in [0.4, 0.5) is 9.59 Å². The molecular formula is C32H41IO6. The predicted molar refractivity (Wildman–Crippen MR) is 165 cm³/mol. The number of rotatable bonds is 14. The first-order valence-electron chi connectivity index (χ1n) is 14.2. The van der Waals surface area contributed by atoms with Gasteiger partial charge in [0.15, 0.2) is 5.75 Å². The van der Waals surface area contributed by atoms with Gasteiger partial charge in [0.2, 0.25) is 0 Å². The third kappa shape index (κ3) is 8.72. The van der Waals surface area contributed by atoms with Crippen molar-refractivity contribution in [2.45, 2.75) is 79.1 Å². The molecule has 0 saturated heterocycles. The van der Waals surface area contributed by atoms with Crippen molar-refractivity contribution in [1.29, 1.82) is 0 Å². The van der Waals surface area contributed by atoms with Crippen LogP contribution in [0.2, 0.25) is 0 Å². The maximum Gasteiger partial charge on any atom is 0.513 e. The van der Waals surface area contributed by atoms with Gasteiger partial charge < -0.3 is 18.9 Å². The summed E-state index contributed by atoms with van der Waals surface area (Å²) in [5.74, 6) is 1.39. The lowest BCUT2D eigenvalue weighted by atomic mass is 10.0. The number of benzene rings is 3. The highest BCUT2D eigenvalue weighted by Crippen LogP contribution is 2.43. The molecular weight excluding hydrogens is 607 g/mol. The number of carbonyl (C=O) groups is 2. The summed E-state index contributed by atoms with van der Waals surface area (Å²) in [7, 11) is 0. The van der Waals surface area contributed by atoms with E-state index < -0.39 is 12.3 Å². The molecule has 0 aromatic heterocycles. The second-order valence-corrected chi connectivity index (χ2v) is 11.3. The van der Waals surface area contributed by atoms with Crippen molar-refractivity contribution < 1.29 is 28.5 Å². The van der Waals surface area contributed by atoms with Crippen molar-refractivity contribution >= 4 is 56.4 Å². The fourth-order valence-electron chi connectivity index (χ4n) is 4.69. The fraction of sp³-hybridized carbons (Fsp3) is 0.500. The van der Waals surface area contributed by atoms with Crippen LogP contribution in [0.3, 0.4) is 0 Å². The molecule has 0 saturated carbocycles. The van der Waals surface area contributed by atoms with Gasteiger partial charge in [-0.1, -0.05) is 90.5 Å². The number of fused-ring (bicyclic) bond motifs is 2. The Hall–Kier alpha value is -2.55. The summed E-state index contributed by atoms with van der Waals surface area (Å²) >= 11 is 2.21. The Balaban J connectivity index is 1.89. The molecule has 0 aliphatic heterocycles. The molecule has 0 heterocycles. The summed E-state index contributed by atoms with van der Waals surface area (Å²) in [6.07, 6.45) is 6.87. The van der Waals surface area contributed by atoms with Crippen LogP contribution in [0, 0.1) is 15.4 Å². The van der Waals surface area contributed by atoms with Gasteiger partial charge in [0.05, 0.1) is 13.2 Å². The van der Waals surface area contributed by atoms with Crippen LogP contribution in [0.5, 0.6) is 11.5 Å². The van der Waals surface area contributed by atoms with E-state index in [1.165, 1.54) is 0 Å². The SMILES string of the molecule is CCCCC(CC)COC(=O)Oc1c2ccccc2c(OC(=O)OCC(CC)CCCC)c2cc(I)ccc12. The number of ether oxygens (including phenoxy) is 4. The highest BCUT2D eigenvalue weighted by atomic mass is 127. The lowest BCUT2D eigenvalue weighted by Gasteiger charge is -2.18. The minimum absolute atomic E-state index is 0.308. The van der Waals surface area contributed by atoms with Gasteiger partial charge in [-0.2, -0.15) is 0 Å². The number of hydrogen-bond donors (Lipinski definition) is 0. The summed E-state index contributed by atoms with van der Waals surface area (Å²) in [4.78, 5) is 25.7. The van der Waals surface area contributed by atoms with Crippen LogP contribution in [-0.4, -0.2) is 25.5 Å². The van der Waals surface area contributed by atoms with Gasteiger partial charge in [0, 0.05) is 25.1 Å². The average molecular weight is 649 g/mol. The Morgan fingerprint density at radius 2 is 1.15 bits per heavy atom. The normalized spacial score (nSPS) is 12.7. The van der Waals surface area contributed by atoms with Crippen molar-refractivity contribution in [2.24, 2.45) is 11.8 Å². The number of halogens is 1. The van der Waals surface area contributed by atoms with Crippen LogP contribution in [0.1, 0.15) is 79.1 Å². The quantitative estimate of drug-likeness (QED) is 0.0750. The zero-order valence-corrected chi connectivity index (χ0v) is 25.8. The number of hydrogen-bond acceptors (Lipinski definition) is 6.